The summed E-state index contributed by atoms with van der Waals surface area (Å²) in [5.41, 5.74) is 12.5. The van der Waals surface area contributed by atoms with Gasteiger partial charge in [-0.05, 0) is 75.3 Å². The van der Waals surface area contributed by atoms with Crippen molar-refractivity contribution in [2.75, 3.05) is 4.90 Å². The van der Waals surface area contributed by atoms with Crippen LogP contribution >= 0.6 is 0 Å². The van der Waals surface area contributed by atoms with E-state index in [1.165, 1.54) is 27.8 Å². The first-order chi connectivity index (χ1) is 20.3. The lowest BCUT2D eigenvalue weighted by molar-refractivity contribution is 1.14. The second kappa shape index (κ2) is 9.58. The highest BCUT2D eigenvalue weighted by Gasteiger charge is 2.28. The number of fused-ring (bicyclic) bond motifs is 2. The van der Waals surface area contributed by atoms with Crippen molar-refractivity contribution in [3.05, 3.63) is 152 Å². The van der Waals surface area contributed by atoms with Crippen LogP contribution in [0.5, 0.6) is 0 Å². The van der Waals surface area contributed by atoms with Crippen molar-refractivity contribution in [2.24, 2.45) is 0 Å². The molecule has 6 aromatic carbocycles. The Kier molecular flexibility index (Phi) is 5.46. The summed E-state index contributed by atoms with van der Waals surface area (Å²) in [6.45, 7) is 0. The molecule has 0 amide bonds. The number of hydrogen-bond acceptors (Lipinski definition) is 3. The lowest BCUT2D eigenvalue weighted by atomic mass is 9.91. The van der Waals surface area contributed by atoms with Crippen molar-refractivity contribution >= 4 is 28.1 Å². The summed E-state index contributed by atoms with van der Waals surface area (Å²) in [6.07, 6.45) is 1.68. The van der Waals surface area contributed by atoms with E-state index < -0.39 is 0 Å². The van der Waals surface area contributed by atoms with Crippen LogP contribution in [0.2, 0.25) is 0 Å². The molecule has 0 radical (unpaired) electrons. The Labute approximate surface area is 239 Å². The van der Waals surface area contributed by atoms with Gasteiger partial charge in [0.05, 0.1) is 16.6 Å². The van der Waals surface area contributed by atoms with E-state index in [1.807, 2.05) is 6.07 Å². The maximum atomic E-state index is 4.87. The molecule has 8 rings (SSSR count). The zero-order valence-corrected chi connectivity index (χ0v) is 22.3. The molecule has 0 unspecified atom stereocenters. The fourth-order valence-electron chi connectivity index (χ4n) is 5.96. The predicted molar refractivity (Wildman–Crippen MR) is 170 cm³/mol. The maximum absolute atomic E-state index is 4.87. The standard InChI is InChI=1S/C38H25N3/c1-3-11-26(12-4-1)28-15-9-16-29(21-28)30-17-10-18-32(22-30)41-36-20-8-7-19-33(36)34-23-31(27-13-5-2-6-14-27)24-35-37(34)38(41)40-25-39-35/h1-25H. The lowest BCUT2D eigenvalue weighted by Gasteiger charge is -2.32. The molecule has 2 heterocycles. The van der Waals surface area contributed by atoms with Gasteiger partial charge in [0.1, 0.15) is 12.1 Å². The number of aromatic nitrogens is 2. The van der Waals surface area contributed by atoms with Crippen molar-refractivity contribution in [1.82, 2.24) is 9.97 Å². The first-order valence-electron chi connectivity index (χ1n) is 13.8. The predicted octanol–water partition coefficient (Wildman–Crippen LogP) is 10.1. The van der Waals surface area contributed by atoms with Crippen molar-refractivity contribution in [3.8, 4) is 44.5 Å². The average molecular weight is 524 g/mol. The number of anilines is 3. The van der Waals surface area contributed by atoms with Crippen molar-refractivity contribution in [2.45, 2.75) is 0 Å². The molecule has 7 aromatic rings. The molecule has 3 nitrogen and oxygen atoms in total. The maximum Gasteiger partial charge on any atom is 0.149 e. The molecule has 1 aliphatic heterocycles. The minimum atomic E-state index is 0.901. The third-order valence-electron chi connectivity index (χ3n) is 7.88. The molecule has 0 N–H and O–H groups in total. The van der Waals surface area contributed by atoms with E-state index in [0.717, 1.165) is 44.8 Å². The molecule has 0 fully saturated rings. The summed E-state index contributed by atoms with van der Waals surface area (Å²) in [6, 6.07) is 51.6. The van der Waals surface area contributed by atoms with Crippen LogP contribution in [-0.4, -0.2) is 9.97 Å². The molecule has 0 bridgehead atoms. The third-order valence-corrected chi connectivity index (χ3v) is 7.88. The molecule has 0 saturated carbocycles. The van der Waals surface area contributed by atoms with Crippen LogP contribution in [0.3, 0.4) is 0 Å². The van der Waals surface area contributed by atoms with Gasteiger partial charge in [-0.2, -0.15) is 0 Å². The fraction of sp³-hybridized carbons (Fsp3) is 0. The van der Waals surface area contributed by atoms with Crippen LogP contribution in [0.25, 0.3) is 55.4 Å². The molecule has 1 aromatic heterocycles. The monoisotopic (exact) mass is 523 g/mol. The number of nitrogens with zero attached hydrogens (tertiary/aromatic N) is 3. The van der Waals surface area contributed by atoms with Gasteiger partial charge in [-0.15, -0.1) is 0 Å². The van der Waals surface area contributed by atoms with Crippen LogP contribution in [0.15, 0.2) is 152 Å². The number of benzene rings is 6. The highest BCUT2D eigenvalue weighted by atomic mass is 15.2. The van der Waals surface area contributed by atoms with Gasteiger partial charge in [0.2, 0.25) is 0 Å². The van der Waals surface area contributed by atoms with E-state index in [2.05, 4.69) is 144 Å². The highest BCUT2D eigenvalue weighted by Crippen LogP contribution is 2.50. The average Bonchev–Trinajstić information content (AvgIpc) is 3.06. The van der Waals surface area contributed by atoms with Crippen LogP contribution < -0.4 is 4.90 Å². The van der Waals surface area contributed by atoms with Gasteiger partial charge in [0.15, 0.2) is 0 Å². The van der Waals surface area contributed by atoms with E-state index in [9.17, 15) is 0 Å². The first-order valence-corrected chi connectivity index (χ1v) is 13.8. The summed E-state index contributed by atoms with van der Waals surface area (Å²) in [5, 5.41) is 1.07. The molecule has 1 aliphatic rings. The van der Waals surface area contributed by atoms with Crippen molar-refractivity contribution in [1.29, 1.82) is 0 Å². The van der Waals surface area contributed by atoms with E-state index in [1.54, 1.807) is 6.33 Å². The van der Waals surface area contributed by atoms with Crippen molar-refractivity contribution in [3.63, 3.8) is 0 Å². The summed E-state index contributed by atoms with van der Waals surface area (Å²) >= 11 is 0. The number of rotatable bonds is 4. The summed E-state index contributed by atoms with van der Waals surface area (Å²) in [5.74, 6) is 0.901. The Hall–Kier alpha value is -5.54. The zero-order valence-electron chi connectivity index (χ0n) is 22.3. The number of para-hydroxylation sites is 1. The van der Waals surface area contributed by atoms with Gasteiger partial charge in [-0.25, -0.2) is 9.97 Å². The summed E-state index contributed by atoms with van der Waals surface area (Å²) < 4.78 is 0. The first kappa shape index (κ1) is 23.4. The second-order valence-corrected chi connectivity index (χ2v) is 10.3. The third kappa shape index (κ3) is 3.98. The number of hydrogen-bond donors (Lipinski definition) is 0. The van der Waals surface area contributed by atoms with Gasteiger partial charge < -0.3 is 0 Å². The second-order valence-electron chi connectivity index (χ2n) is 10.3. The smallest absolute Gasteiger partial charge is 0.149 e. The molecule has 192 valence electrons. The minimum absolute atomic E-state index is 0.901. The molecule has 0 aliphatic carbocycles. The Morgan fingerprint density at radius 2 is 1.02 bits per heavy atom. The zero-order chi connectivity index (χ0) is 27.2. The Morgan fingerprint density at radius 3 is 1.80 bits per heavy atom. The lowest BCUT2D eigenvalue weighted by Crippen LogP contribution is -2.17. The fourth-order valence-corrected chi connectivity index (χ4v) is 5.96. The highest BCUT2D eigenvalue weighted by molar-refractivity contribution is 6.12. The molecule has 0 atom stereocenters. The Balaban J connectivity index is 1.30. The van der Waals surface area contributed by atoms with E-state index >= 15 is 0 Å². The van der Waals surface area contributed by atoms with E-state index in [0.29, 0.717) is 0 Å². The van der Waals surface area contributed by atoms with Gasteiger partial charge in [0.25, 0.3) is 0 Å². The van der Waals surface area contributed by atoms with Gasteiger partial charge in [-0.3, -0.25) is 4.90 Å². The topological polar surface area (TPSA) is 29.0 Å². The summed E-state index contributed by atoms with van der Waals surface area (Å²) in [4.78, 5) is 11.9. The van der Waals surface area contributed by atoms with Crippen LogP contribution in [-0.2, 0) is 0 Å². The van der Waals surface area contributed by atoms with Gasteiger partial charge >= 0.3 is 0 Å². The van der Waals surface area contributed by atoms with Crippen LogP contribution in [0, 0.1) is 0 Å². The van der Waals surface area contributed by atoms with Crippen molar-refractivity contribution < 1.29 is 0 Å². The normalized spacial score (nSPS) is 11.9. The van der Waals surface area contributed by atoms with Crippen LogP contribution in [0.4, 0.5) is 17.2 Å². The molecular formula is C38H25N3. The molecule has 0 spiro atoms. The SMILES string of the molecule is c1ccc(-c2cccc(-c3cccc(N4c5ccccc5-c5cc(-c6ccccc6)cc6ncnc4c56)c3)c2)cc1. The van der Waals surface area contributed by atoms with Crippen LogP contribution in [0.1, 0.15) is 0 Å². The molecule has 3 heteroatoms. The van der Waals surface area contributed by atoms with Gasteiger partial charge in [0, 0.05) is 11.3 Å². The molecular weight excluding hydrogens is 498 g/mol. The quantitative estimate of drug-likeness (QED) is 0.230. The molecule has 41 heavy (non-hydrogen) atoms. The molecule has 0 saturated heterocycles. The van der Waals surface area contributed by atoms with E-state index in [-0.39, 0.29) is 0 Å². The van der Waals surface area contributed by atoms with E-state index in [4.69, 9.17) is 9.97 Å². The minimum Gasteiger partial charge on any atom is -0.294 e. The van der Waals surface area contributed by atoms with Gasteiger partial charge in [-0.1, -0.05) is 109 Å². The summed E-state index contributed by atoms with van der Waals surface area (Å²) in [7, 11) is 0. The Morgan fingerprint density at radius 1 is 0.415 bits per heavy atom. The largest absolute Gasteiger partial charge is 0.294 e. The Bertz CT molecular complexity index is 2050.